The largest absolute Gasteiger partial charge is 0.461 e. The van der Waals surface area contributed by atoms with Crippen LogP contribution >= 0.6 is 11.3 Å². The summed E-state index contributed by atoms with van der Waals surface area (Å²) in [7, 11) is 0. The Labute approximate surface area is 172 Å². The molecule has 0 aliphatic carbocycles. The highest BCUT2D eigenvalue weighted by atomic mass is 32.1. The number of anilines is 1. The number of nitrogens with zero attached hydrogens (tertiary/aromatic N) is 2. The average molecular weight is 443 g/mol. The van der Waals surface area contributed by atoms with E-state index in [1.807, 2.05) is 0 Å². The van der Waals surface area contributed by atoms with E-state index in [0.29, 0.717) is 11.3 Å². The van der Waals surface area contributed by atoms with Crippen LogP contribution in [-0.2, 0) is 9.62 Å². The zero-order chi connectivity index (χ0) is 21.8. The van der Waals surface area contributed by atoms with E-state index in [1.54, 1.807) is 0 Å². The highest BCUT2D eigenvalue weighted by Crippen LogP contribution is 2.29. The smallest absolute Gasteiger partial charge is 0.345 e. The molecular weight excluding hydrogens is 426 g/mol. The topological polar surface area (TPSA) is 194 Å². The maximum atomic E-state index is 12.6. The molecule has 162 valence electrons. The zero-order valence-electron chi connectivity index (χ0n) is 15.0. The van der Waals surface area contributed by atoms with Crippen molar-refractivity contribution in [3.8, 4) is 5.75 Å². The first-order chi connectivity index (χ1) is 14.3. The van der Waals surface area contributed by atoms with Crippen molar-refractivity contribution in [2.45, 2.75) is 30.7 Å². The first-order valence-corrected chi connectivity index (χ1v) is 9.26. The van der Waals surface area contributed by atoms with Gasteiger partial charge in [0.25, 0.3) is 5.91 Å². The molecule has 1 aliphatic rings. The molecule has 2 heterocycles. The standard InChI is InChI=1S/C16H17N3O10S/c20-11-9(6-27-26)29-15(13(22)12(11)21)28-8-4-2-1-3-7(8)14(23)18-16-17-5-10(30-16)19(24)25/h1-5,9,11-13,15,20-22,26H,6H2,(H,17,18,23). The number of ether oxygens (including phenoxy) is 2. The predicted octanol–water partition coefficient (Wildman–Crippen LogP) is -0.0204. The second-order valence-electron chi connectivity index (χ2n) is 6.14. The van der Waals surface area contributed by atoms with Crippen LogP contribution in [0.25, 0.3) is 0 Å². The summed E-state index contributed by atoms with van der Waals surface area (Å²) < 4.78 is 10.9. The Balaban J connectivity index is 1.77. The minimum Gasteiger partial charge on any atom is -0.461 e. The molecule has 5 atom stereocenters. The molecule has 13 nitrogen and oxygen atoms in total. The van der Waals surface area contributed by atoms with Gasteiger partial charge in [-0.15, -0.1) is 0 Å². The average Bonchev–Trinajstić information content (AvgIpc) is 3.19. The summed E-state index contributed by atoms with van der Waals surface area (Å²) in [6, 6.07) is 5.85. The number of aliphatic hydroxyl groups is 3. The second-order valence-corrected chi connectivity index (χ2v) is 7.15. The Hall–Kier alpha value is -2.72. The van der Waals surface area contributed by atoms with Gasteiger partial charge in [0.1, 0.15) is 43.0 Å². The van der Waals surface area contributed by atoms with Crippen LogP contribution in [0.15, 0.2) is 30.5 Å². The molecule has 1 aromatic carbocycles. The summed E-state index contributed by atoms with van der Waals surface area (Å²) in [4.78, 5) is 30.4. The van der Waals surface area contributed by atoms with Crippen molar-refractivity contribution in [1.29, 1.82) is 0 Å². The fourth-order valence-electron chi connectivity index (χ4n) is 2.68. The van der Waals surface area contributed by atoms with Crippen LogP contribution in [0.5, 0.6) is 5.75 Å². The summed E-state index contributed by atoms with van der Waals surface area (Å²) in [6.07, 6.45) is -6.60. The normalized spacial score (nSPS) is 26.2. The number of aliphatic hydroxyl groups excluding tert-OH is 3. The van der Waals surface area contributed by atoms with Crippen molar-refractivity contribution in [2.75, 3.05) is 11.9 Å². The molecule has 30 heavy (non-hydrogen) atoms. The number of nitrogens with one attached hydrogen (secondary N) is 1. The van der Waals surface area contributed by atoms with Gasteiger partial charge in [-0.3, -0.25) is 25.5 Å². The molecule has 2 aromatic rings. The Kier molecular flexibility index (Phi) is 6.88. The molecule has 1 aliphatic heterocycles. The lowest BCUT2D eigenvalue weighted by Crippen LogP contribution is -2.60. The molecule has 5 unspecified atom stereocenters. The lowest BCUT2D eigenvalue weighted by atomic mass is 9.99. The molecule has 0 radical (unpaired) electrons. The van der Waals surface area contributed by atoms with Gasteiger partial charge in [0.15, 0.2) is 5.13 Å². The number of benzene rings is 1. The molecule has 0 bridgehead atoms. The molecule has 14 heteroatoms. The number of rotatable bonds is 7. The summed E-state index contributed by atoms with van der Waals surface area (Å²) in [5, 5.41) is 51.5. The Morgan fingerprint density at radius 1 is 1.27 bits per heavy atom. The second kappa shape index (κ2) is 9.40. The van der Waals surface area contributed by atoms with Crippen molar-refractivity contribution in [3.05, 3.63) is 46.1 Å². The summed E-state index contributed by atoms with van der Waals surface area (Å²) in [5.41, 5.74) is -0.0123. The van der Waals surface area contributed by atoms with Crippen molar-refractivity contribution < 1.29 is 44.7 Å². The van der Waals surface area contributed by atoms with Gasteiger partial charge in [0, 0.05) is 0 Å². The lowest BCUT2D eigenvalue weighted by molar-refractivity contribution is -0.380. The van der Waals surface area contributed by atoms with E-state index in [9.17, 15) is 30.2 Å². The van der Waals surface area contributed by atoms with Gasteiger partial charge in [-0.05, 0) is 23.5 Å². The molecule has 1 fully saturated rings. The van der Waals surface area contributed by atoms with E-state index >= 15 is 0 Å². The molecule has 1 aromatic heterocycles. The minimum atomic E-state index is -1.67. The Morgan fingerprint density at radius 3 is 2.67 bits per heavy atom. The van der Waals surface area contributed by atoms with E-state index in [-0.39, 0.29) is 21.4 Å². The van der Waals surface area contributed by atoms with E-state index in [1.165, 1.54) is 24.3 Å². The number of aromatic nitrogens is 1. The number of thiazole rings is 1. The van der Waals surface area contributed by atoms with Gasteiger partial charge in [-0.1, -0.05) is 12.1 Å². The zero-order valence-corrected chi connectivity index (χ0v) is 15.8. The minimum absolute atomic E-state index is 0.00541. The first kappa shape index (κ1) is 22.0. The molecule has 0 spiro atoms. The van der Waals surface area contributed by atoms with Crippen LogP contribution < -0.4 is 10.1 Å². The van der Waals surface area contributed by atoms with E-state index in [0.717, 1.165) is 6.20 Å². The molecule has 1 saturated heterocycles. The van der Waals surface area contributed by atoms with Crippen molar-refractivity contribution in [1.82, 2.24) is 4.98 Å². The monoisotopic (exact) mass is 443 g/mol. The quantitative estimate of drug-likeness (QED) is 0.219. The van der Waals surface area contributed by atoms with Gasteiger partial charge in [0.2, 0.25) is 6.29 Å². The third-order valence-corrected chi connectivity index (χ3v) is 5.04. The molecule has 0 saturated carbocycles. The first-order valence-electron chi connectivity index (χ1n) is 8.45. The number of para-hydroxylation sites is 1. The summed E-state index contributed by atoms with van der Waals surface area (Å²) in [5.74, 6) is -0.742. The van der Waals surface area contributed by atoms with E-state index in [4.69, 9.17) is 14.7 Å². The van der Waals surface area contributed by atoms with Gasteiger partial charge in [0.05, 0.1) is 10.5 Å². The van der Waals surface area contributed by atoms with Crippen LogP contribution in [0.4, 0.5) is 10.1 Å². The predicted molar refractivity (Wildman–Crippen MR) is 99.1 cm³/mol. The van der Waals surface area contributed by atoms with Gasteiger partial charge >= 0.3 is 5.00 Å². The Morgan fingerprint density at radius 2 is 2.00 bits per heavy atom. The van der Waals surface area contributed by atoms with Crippen molar-refractivity contribution >= 4 is 27.4 Å². The summed E-state index contributed by atoms with van der Waals surface area (Å²) in [6.45, 7) is -0.504. The Bertz CT molecular complexity index is 909. The van der Waals surface area contributed by atoms with Crippen LogP contribution in [0, 0.1) is 10.1 Å². The highest BCUT2D eigenvalue weighted by Gasteiger charge is 2.45. The fraction of sp³-hybridized carbons (Fsp3) is 0.375. The van der Waals surface area contributed by atoms with Crippen molar-refractivity contribution in [3.63, 3.8) is 0 Å². The van der Waals surface area contributed by atoms with Crippen LogP contribution in [0.3, 0.4) is 0 Å². The van der Waals surface area contributed by atoms with Gasteiger partial charge in [-0.2, -0.15) is 0 Å². The maximum Gasteiger partial charge on any atom is 0.345 e. The number of hydrogen-bond acceptors (Lipinski definition) is 12. The lowest BCUT2D eigenvalue weighted by Gasteiger charge is -2.39. The number of amides is 1. The van der Waals surface area contributed by atoms with Gasteiger partial charge < -0.3 is 24.8 Å². The molecular formula is C16H17N3O10S. The maximum absolute atomic E-state index is 12.6. The number of nitro groups is 1. The van der Waals surface area contributed by atoms with Crippen LogP contribution in [0.1, 0.15) is 10.4 Å². The third-order valence-electron chi connectivity index (χ3n) is 4.18. The highest BCUT2D eigenvalue weighted by molar-refractivity contribution is 7.18. The number of hydrogen-bond donors (Lipinski definition) is 5. The molecule has 5 N–H and O–H groups in total. The fourth-order valence-corrected chi connectivity index (χ4v) is 3.31. The molecule has 1 amide bonds. The number of carbonyl (C=O) groups is 1. The van der Waals surface area contributed by atoms with Crippen LogP contribution in [0.2, 0.25) is 0 Å². The van der Waals surface area contributed by atoms with E-state index in [2.05, 4.69) is 15.2 Å². The SMILES string of the molecule is O=C(Nc1ncc([N+](=O)[O-])s1)c1ccccc1OC1OC(COO)C(O)C(O)C1O. The van der Waals surface area contributed by atoms with Crippen molar-refractivity contribution in [2.24, 2.45) is 0 Å². The summed E-state index contributed by atoms with van der Waals surface area (Å²) >= 11 is 0.666. The van der Waals surface area contributed by atoms with Gasteiger partial charge in [-0.25, -0.2) is 9.87 Å². The third kappa shape index (κ3) is 4.71. The molecule has 3 rings (SSSR count). The number of carbonyl (C=O) groups excluding carboxylic acids is 1. The van der Waals surface area contributed by atoms with Crippen LogP contribution in [-0.4, -0.2) is 73.7 Å². The van der Waals surface area contributed by atoms with E-state index < -0.39 is 48.1 Å².